The van der Waals surface area contributed by atoms with Crippen molar-refractivity contribution in [2.24, 2.45) is 10.7 Å². The quantitative estimate of drug-likeness (QED) is 0.457. The second kappa shape index (κ2) is 9.01. The van der Waals surface area contributed by atoms with Gasteiger partial charge in [0.1, 0.15) is 5.54 Å². The van der Waals surface area contributed by atoms with E-state index < -0.39 is 11.5 Å². The molecule has 2 aromatic rings. The summed E-state index contributed by atoms with van der Waals surface area (Å²) in [6.45, 7) is 4.57. The molecule has 0 saturated heterocycles. The van der Waals surface area contributed by atoms with E-state index in [2.05, 4.69) is 10.3 Å². The molecule has 0 aliphatic rings. The Labute approximate surface area is 169 Å². The molecule has 2 aromatic carbocycles. The van der Waals surface area contributed by atoms with Gasteiger partial charge in [0, 0.05) is 18.2 Å². The molecule has 0 saturated carbocycles. The van der Waals surface area contributed by atoms with Crippen LogP contribution >= 0.6 is 0 Å². The molecule has 0 aliphatic heterocycles. The predicted octanol–water partition coefficient (Wildman–Crippen LogP) is 2.37. The lowest BCUT2D eigenvalue weighted by atomic mass is 10.0. The number of esters is 1. The van der Waals surface area contributed by atoms with E-state index in [1.54, 1.807) is 62.4 Å². The van der Waals surface area contributed by atoms with E-state index in [-0.39, 0.29) is 17.8 Å². The molecule has 0 heterocycles. The molecule has 152 valence electrons. The number of benzene rings is 2. The number of guanidine groups is 1. The summed E-state index contributed by atoms with van der Waals surface area (Å²) in [7, 11) is 1.27. The minimum Gasteiger partial charge on any atom is -0.467 e. The SMILES string of the molecule is COC(=O)C(C)(C)N(C(C)=O)c1ccc(N=C(N)NC(=O)c2ccccc2)cc1. The molecule has 8 heteroatoms. The van der Waals surface area contributed by atoms with E-state index in [1.165, 1.54) is 18.9 Å². The van der Waals surface area contributed by atoms with E-state index in [1.807, 2.05) is 6.07 Å². The molecule has 2 amide bonds. The Kier molecular flexibility index (Phi) is 6.71. The van der Waals surface area contributed by atoms with Crippen LogP contribution in [0.25, 0.3) is 0 Å². The van der Waals surface area contributed by atoms with Gasteiger partial charge in [-0.3, -0.25) is 19.8 Å². The van der Waals surface area contributed by atoms with Crippen LogP contribution in [-0.4, -0.2) is 36.4 Å². The van der Waals surface area contributed by atoms with E-state index in [0.29, 0.717) is 16.9 Å². The molecule has 29 heavy (non-hydrogen) atoms. The molecule has 0 unspecified atom stereocenters. The van der Waals surface area contributed by atoms with Gasteiger partial charge >= 0.3 is 5.97 Å². The van der Waals surface area contributed by atoms with Crippen LogP contribution in [0.4, 0.5) is 11.4 Å². The Balaban J connectivity index is 2.20. The fourth-order valence-electron chi connectivity index (χ4n) is 2.86. The van der Waals surface area contributed by atoms with Gasteiger partial charge in [-0.05, 0) is 50.2 Å². The minimum absolute atomic E-state index is 0.0649. The first-order chi connectivity index (χ1) is 13.7. The van der Waals surface area contributed by atoms with Crippen molar-refractivity contribution in [3.05, 3.63) is 60.2 Å². The van der Waals surface area contributed by atoms with Crippen LogP contribution in [0.3, 0.4) is 0 Å². The van der Waals surface area contributed by atoms with Crippen LogP contribution in [0.15, 0.2) is 59.6 Å². The van der Waals surface area contributed by atoms with Crippen molar-refractivity contribution in [3.63, 3.8) is 0 Å². The Morgan fingerprint density at radius 1 is 1.03 bits per heavy atom. The fraction of sp³-hybridized carbons (Fsp3) is 0.238. The number of ether oxygens (including phenoxy) is 1. The number of aliphatic imine (C=N–C) groups is 1. The topological polar surface area (TPSA) is 114 Å². The molecule has 0 aromatic heterocycles. The molecular weight excluding hydrogens is 372 g/mol. The lowest BCUT2D eigenvalue weighted by Crippen LogP contribution is -2.53. The zero-order valence-electron chi connectivity index (χ0n) is 16.8. The van der Waals surface area contributed by atoms with Crippen LogP contribution in [0.2, 0.25) is 0 Å². The first-order valence-corrected chi connectivity index (χ1v) is 8.86. The summed E-state index contributed by atoms with van der Waals surface area (Å²) in [4.78, 5) is 41.8. The number of anilines is 1. The maximum Gasteiger partial charge on any atom is 0.331 e. The van der Waals surface area contributed by atoms with Gasteiger partial charge in [0.25, 0.3) is 5.91 Å². The average Bonchev–Trinajstić information content (AvgIpc) is 2.68. The lowest BCUT2D eigenvalue weighted by Gasteiger charge is -2.35. The number of methoxy groups -OCH3 is 1. The van der Waals surface area contributed by atoms with Crippen molar-refractivity contribution < 1.29 is 19.1 Å². The van der Waals surface area contributed by atoms with Gasteiger partial charge in [-0.15, -0.1) is 0 Å². The number of hydrogen-bond donors (Lipinski definition) is 2. The molecule has 2 rings (SSSR count). The highest BCUT2D eigenvalue weighted by atomic mass is 16.5. The summed E-state index contributed by atoms with van der Waals surface area (Å²) in [5, 5.41) is 2.51. The molecule has 8 nitrogen and oxygen atoms in total. The van der Waals surface area contributed by atoms with Crippen LogP contribution in [-0.2, 0) is 14.3 Å². The molecule has 0 fully saturated rings. The first kappa shape index (κ1) is 21.6. The van der Waals surface area contributed by atoms with E-state index in [9.17, 15) is 14.4 Å². The van der Waals surface area contributed by atoms with Crippen molar-refractivity contribution in [3.8, 4) is 0 Å². The van der Waals surface area contributed by atoms with Gasteiger partial charge in [-0.2, -0.15) is 0 Å². The van der Waals surface area contributed by atoms with E-state index >= 15 is 0 Å². The van der Waals surface area contributed by atoms with Crippen LogP contribution in [0.1, 0.15) is 31.1 Å². The minimum atomic E-state index is -1.19. The number of carbonyl (C=O) groups excluding carboxylic acids is 3. The van der Waals surface area contributed by atoms with Crippen molar-refractivity contribution in [1.82, 2.24) is 5.32 Å². The molecule has 0 radical (unpaired) electrons. The summed E-state index contributed by atoms with van der Waals surface area (Å²) < 4.78 is 4.81. The third-order valence-corrected chi connectivity index (χ3v) is 4.19. The zero-order valence-corrected chi connectivity index (χ0v) is 16.8. The Hall–Kier alpha value is -3.68. The van der Waals surface area contributed by atoms with Gasteiger partial charge in [0.2, 0.25) is 11.9 Å². The van der Waals surface area contributed by atoms with Crippen LogP contribution in [0, 0.1) is 0 Å². The van der Waals surface area contributed by atoms with Gasteiger partial charge < -0.3 is 10.5 Å². The second-order valence-corrected chi connectivity index (χ2v) is 6.74. The predicted molar refractivity (Wildman–Crippen MR) is 111 cm³/mol. The summed E-state index contributed by atoms with van der Waals surface area (Å²) in [5.41, 5.74) is 6.05. The normalized spacial score (nSPS) is 11.5. The van der Waals surface area contributed by atoms with Gasteiger partial charge in [-0.1, -0.05) is 18.2 Å². The Bertz CT molecular complexity index is 921. The summed E-state index contributed by atoms with van der Waals surface area (Å²) in [5.74, 6) is -1.29. The number of amides is 2. The summed E-state index contributed by atoms with van der Waals surface area (Å²) >= 11 is 0. The van der Waals surface area contributed by atoms with Crippen molar-refractivity contribution in [2.75, 3.05) is 12.0 Å². The monoisotopic (exact) mass is 396 g/mol. The van der Waals surface area contributed by atoms with Gasteiger partial charge in [-0.25, -0.2) is 9.79 Å². The molecule has 0 spiro atoms. The number of hydrogen-bond acceptors (Lipinski definition) is 5. The number of nitrogens with two attached hydrogens (primary N) is 1. The average molecular weight is 396 g/mol. The zero-order chi connectivity index (χ0) is 21.6. The van der Waals surface area contributed by atoms with E-state index in [0.717, 1.165) is 0 Å². The van der Waals surface area contributed by atoms with E-state index in [4.69, 9.17) is 10.5 Å². The first-order valence-electron chi connectivity index (χ1n) is 8.86. The standard InChI is InChI=1S/C21H24N4O4/c1-14(26)25(21(2,3)19(28)29-4)17-12-10-16(11-13-17)23-20(22)24-18(27)15-8-6-5-7-9-15/h5-13H,1-4H3,(H3,22,23,24,27). The number of carbonyl (C=O) groups is 3. The largest absolute Gasteiger partial charge is 0.467 e. The second-order valence-electron chi connectivity index (χ2n) is 6.74. The maximum atomic E-state index is 12.2. The summed E-state index contributed by atoms with van der Waals surface area (Å²) in [6.07, 6.45) is 0. The highest BCUT2D eigenvalue weighted by Gasteiger charge is 2.38. The number of rotatable bonds is 5. The third kappa shape index (κ3) is 5.19. The number of nitrogens with zero attached hydrogens (tertiary/aromatic N) is 2. The fourth-order valence-corrected chi connectivity index (χ4v) is 2.86. The maximum absolute atomic E-state index is 12.2. The van der Waals surface area contributed by atoms with Crippen molar-refractivity contribution in [2.45, 2.75) is 26.3 Å². The highest BCUT2D eigenvalue weighted by molar-refractivity contribution is 6.05. The lowest BCUT2D eigenvalue weighted by molar-refractivity contribution is -0.147. The molecule has 0 bridgehead atoms. The summed E-state index contributed by atoms with van der Waals surface area (Å²) in [6, 6.07) is 15.2. The Morgan fingerprint density at radius 3 is 2.14 bits per heavy atom. The van der Waals surface area contributed by atoms with Crippen LogP contribution in [0.5, 0.6) is 0 Å². The molecular formula is C21H24N4O4. The van der Waals surface area contributed by atoms with Crippen molar-refractivity contribution in [1.29, 1.82) is 0 Å². The van der Waals surface area contributed by atoms with Crippen molar-refractivity contribution >= 4 is 35.1 Å². The van der Waals surface area contributed by atoms with Gasteiger partial charge in [0.05, 0.1) is 12.8 Å². The molecule has 3 N–H and O–H groups in total. The number of nitrogens with one attached hydrogen (secondary N) is 1. The smallest absolute Gasteiger partial charge is 0.331 e. The highest BCUT2D eigenvalue weighted by Crippen LogP contribution is 2.27. The Morgan fingerprint density at radius 2 is 1.62 bits per heavy atom. The van der Waals surface area contributed by atoms with Gasteiger partial charge in [0.15, 0.2) is 0 Å². The molecule has 0 aliphatic carbocycles. The molecule has 0 atom stereocenters. The third-order valence-electron chi connectivity index (χ3n) is 4.19. The van der Waals surface area contributed by atoms with Crippen LogP contribution < -0.4 is 16.0 Å².